The van der Waals surface area contributed by atoms with Crippen LogP contribution in [0.3, 0.4) is 0 Å². The Morgan fingerprint density at radius 2 is 1.97 bits per heavy atom. The van der Waals surface area contributed by atoms with Crippen LogP contribution >= 0.6 is 11.6 Å². The number of hydrogen-bond acceptors (Lipinski definition) is 4. The lowest BCUT2D eigenvalue weighted by Gasteiger charge is -2.22. The molecule has 4 aliphatic rings. The molecule has 6 heteroatoms. The van der Waals surface area contributed by atoms with E-state index in [0.717, 1.165) is 67.9 Å². The molecule has 2 saturated heterocycles. The number of nitrogens with zero attached hydrogens (tertiary/aromatic N) is 1. The molecular weight excluding hydrogens is 388 g/mol. The Hall–Kier alpha value is -1.69. The summed E-state index contributed by atoms with van der Waals surface area (Å²) in [6.45, 7) is 3.25. The van der Waals surface area contributed by atoms with Gasteiger partial charge in [0.05, 0.1) is 6.61 Å². The van der Waals surface area contributed by atoms with Crippen molar-refractivity contribution in [3.05, 3.63) is 35.0 Å². The summed E-state index contributed by atoms with van der Waals surface area (Å²) in [4.78, 5) is 17.2. The van der Waals surface area contributed by atoms with Gasteiger partial charge in [-0.05, 0) is 78.0 Å². The molecule has 4 atom stereocenters. The third-order valence-electron chi connectivity index (χ3n) is 7.68. The number of amides is 1. The van der Waals surface area contributed by atoms with Crippen molar-refractivity contribution in [2.75, 3.05) is 31.7 Å². The molecule has 1 aromatic heterocycles. The molecular formula is C23H25ClN2O3. The number of nitrogens with one attached hydrogen (secondary N) is 1. The number of ether oxygens (including phenoxy) is 2. The molecule has 1 N–H and O–H groups in total. The van der Waals surface area contributed by atoms with Crippen molar-refractivity contribution in [3.63, 3.8) is 0 Å². The lowest BCUT2D eigenvalue weighted by atomic mass is 9.93. The summed E-state index contributed by atoms with van der Waals surface area (Å²) < 4.78 is 11.1. The smallest absolute Gasteiger partial charge is 0.229 e. The number of carbonyl (C=O) groups excluding carboxylic acids is 1. The van der Waals surface area contributed by atoms with Gasteiger partial charge in [-0.15, -0.1) is 0 Å². The SMILES string of the molecule is O=C(Nc1cc2cc(C3[C@H]4COCC[C@@H]34)c(Cl)cc2cn1)[C@H]1CC12CCOCC2. The zero-order chi connectivity index (χ0) is 19.6. The van der Waals surface area contributed by atoms with Crippen molar-refractivity contribution in [1.82, 2.24) is 4.98 Å². The van der Waals surface area contributed by atoms with Gasteiger partial charge in [-0.3, -0.25) is 4.79 Å². The standard InChI is InChI=1S/C23H25ClN2O3/c24-19-8-14-11-25-20(26-22(27)18-10-23(18)2-5-28-6-3-23)9-13(14)7-16(19)21-15-1-4-29-12-17(15)21/h7-9,11,15,17-18,21H,1-6,10,12H2,(H,25,26,27)/t15-,17+,18-,21?/m1/s1. The molecule has 2 aliphatic carbocycles. The average Bonchev–Trinajstić information content (AvgIpc) is 3.63. The molecule has 3 heterocycles. The topological polar surface area (TPSA) is 60.5 Å². The van der Waals surface area contributed by atoms with Gasteiger partial charge in [0.25, 0.3) is 0 Å². The summed E-state index contributed by atoms with van der Waals surface area (Å²) in [5.74, 6) is 2.62. The van der Waals surface area contributed by atoms with E-state index in [0.29, 0.717) is 23.6 Å². The molecule has 2 saturated carbocycles. The second-order valence-electron chi connectivity index (χ2n) is 9.23. The molecule has 0 radical (unpaired) electrons. The van der Waals surface area contributed by atoms with Gasteiger partial charge in [0.1, 0.15) is 5.82 Å². The highest BCUT2D eigenvalue weighted by Crippen LogP contribution is 2.60. The number of benzene rings is 1. The molecule has 6 rings (SSSR count). The number of pyridine rings is 1. The van der Waals surface area contributed by atoms with Crippen LogP contribution in [-0.2, 0) is 14.3 Å². The van der Waals surface area contributed by atoms with E-state index in [1.54, 1.807) is 6.20 Å². The normalized spacial score (nSPS) is 32.0. The molecule has 152 valence electrons. The number of carbonyl (C=O) groups is 1. The molecule has 1 spiro atoms. The molecule has 5 nitrogen and oxygen atoms in total. The van der Waals surface area contributed by atoms with Crippen molar-refractivity contribution in [1.29, 1.82) is 0 Å². The maximum absolute atomic E-state index is 12.8. The maximum atomic E-state index is 12.8. The van der Waals surface area contributed by atoms with Crippen molar-refractivity contribution < 1.29 is 14.3 Å². The average molecular weight is 413 g/mol. The monoisotopic (exact) mass is 412 g/mol. The maximum Gasteiger partial charge on any atom is 0.229 e. The second-order valence-corrected chi connectivity index (χ2v) is 9.64. The molecule has 0 bridgehead atoms. The summed E-state index contributed by atoms with van der Waals surface area (Å²) in [5, 5.41) is 5.95. The van der Waals surface area contributed by atoms with Gasteiger partial charge in [0, 0.05) is 42.3 Å². The molecule has 1 amide bonds. The summed E-state index contributed by atoms with van der Waals surface area (Å²) in [7, 11) is 0. The third-order valence-corrected chi connectivity index (χ3v) is 8.01. The predicted molar refractivity (Wildman–Crippen MR) is 111 cm³/mol. The zero-order valence-electron chi connectivity index (χ0n) is 16.3. The van der Waals surface area contributed by atoms with Gasteiger partial charge >= 0.3 is 0 Å². The number of anilines is 1. The van der Waals surface area contributed by atoms with Crippen molar-refractivity contribution in [2.24, 2.45) is 23.2 Å². The molecule has 29 heavy (non-hydrogen) atoms. The predicted octanol–water partition coefficient (Wildman–Crippen LogP) is 4.39. The Morgan fingerprint density at radius 1 is 1.10 bits per heavy atom. The minimum Gasteiger partial charge on any atom is -0.381 e. The van der Waals surface area contributed by atoms with Crippen molar-refractivity contribution in [3.8, 4) is 0 Å². The van der Waals surface area contributed by atoms with Gasteiger partial charge in [-0.25, -0.2) is 4.98 Å². The molecule has 1 unspecified atom stereocenters. The Kier molecular flexibility index (Phi) is 4.16. The van der Waals surface area contributed by atoms with E-state index in [4.69, 9.17) is 21.1 Å². The van der Waals surface area contributed by atoms with Crippen LogP contribution < -0.4 is 5.32 Å². The Bertz CT molecular complexity index is 975. The first-order valence-electron chi connectivity index (χ1n) is 10.7. The van der Waals surface area contributed by atoms with Gasteiger partial charge < -0.3 is 14.8 Å². The highest BCUT2D eigenvalue weighted by Gasteiger charge is 2.58. The van der Waals surface area contributed by atoms with Crippen LogP contribution in [0.5, 0.6) is 0 Å². The molecule has 4 fully saturated rings. The fraction of sp³-hybridized carbons (Fsp3) is 0.565. The molecule has 2 aliphatic heterocycles. The fourth-order valence-electron chi connectivity index (χ4n) is 5.74. The van der Waals surface area contributed by atoms with Gasteiger partial charge in [-0.1, -0.05) is 11.6 Å². The van der Waals surface area contributed by atoms with Crippen LogP contribution in [-0.4, -0.2) is 37.3 Å². The van der Waals surface area contributed by atoms with E-state index in [1.807, 2.05) is 12.1 Å². The third kappa shape index (κ3) is 3.06. The van der Waals surface area contributed by atoms with Gasteiger partial charge in [0.15, 0.2) is 0 Å². The summed E-state index contributed by atoms with van der Waals surface area (Å²) >= 11 is 6.61. The van der Waals surface area contributed by atoms with Crippen LogP contribution in [0.1, 0.15) is 37.2 Å². The number of hydrogen-bond donors (Lipinski definition) is 1. The van der Waals surface area contributed by atoms with E-state index < -0.39 is 0 Å². The van der Waals surface area contributed by atoms with Crippen LogP contribution in [0.15, 0.2) is 24.4 Å². The molecule has 1 aromatic carbocycles. The first-order valence-corrected chi connectivity index (χ1v) is 11.1. The van der Waals surface area contributed by atoms with E-state index >= 15 is 0 Å². The van der Waals surface area contributed by atoms with E-state index in [2.05, 4.69) is 16.4 Å². The van der Waals surface area contributed by atoms with Crippen molar-refractivity contribution in [2.45, 2.75) is 31.6 Å². The van der Waals surface area contributed by atoms with E-state index in [1.165, 1.54) is 5.56 Å². The quantitative estimate of drug-likeness (QED) is 0.812. The Balaban J connectivity index is 1.23. The molecule has 2 aromatic rings. The summed E-state index contributed by atoms with van der Waals surface area (Å²) in [5.41, 5.74) is 1.39. The lowest BCUT2D eigenvalue weighted by molar-refractivity contribution is -0.118. The van der Waals surface area contributed by atoms with Crippen molar-refractivity contribution >= 4 is 34.1 Å². The Morgan fingerprint density at radius 3 is 2.76 bits per heavy atom. The highest BCUT2D eigenvalue weighted by molar-refractivity contribution is 6.32. The second kappa shape index (κ2) is 6.66. The van der Waals surface area contributed by atoms with Crippen LogP contribution in [0, 0.1) is 23.2 Å². The summed E-state index contributed by atoms with van der Waals surface area (Å²) in [6, 6.07) is 6.18. The first-order chi connectivity index (χ1) is 14.1. The van der Waals surface area contributed by atoms with Gasteiger partial charge in [-0.2, -0.15) is 0 Å². The Labute approximate surface area is 175 Å². The van der Waals surface area contributed by atoms with Crippen LogP contribution in [0.25, 0.3) is 10.8 Å². The van der Waals surface area contributed by atoms with E-state index in [9.17, 15) is 4.79 Å². The minimum atomic E-state index is 0.0956. The zero-order valence-corrected chi connectivity index (χ0v) is 17.1. The fourth-order valence-corrected chi connectivity index (χ4v) is 6.03. The first kappa shape index (κ1) is 18.1. The van der Waals surface area contributed by atoms with Crippen LogP contribution in [0.2, 0.25) is 5.02 Å². The van der Waals surface area contributed by atoms with Crippen LogP contribution in [0.4, 0.5) is 5.82 Å². The number of rotatable bonds is 3. The van der Waals surface area contributed by atoms with Gasteiger partial charge in [0.2, 0.25) is 5.91 Å². The largest absolute Gasteiger partial charge is 0.381 e. The number of fused-ring (bicyclic) bond motifs is 2. The van der Waals surface area contributed by atoms with E-state index in [-0.39, 0.29) is 17.2 Å². The number of halogens is 1. The lowest BCUT2D eigenvalue weighted by Crippen LogP contribution is -2.24. The summed E-state index contributed by atoms with van der Waals surface area (Å²) in [6.07, 6.45) is 5.88. The highest BCUT2D eigenvalue weighted by atomic mass is 35.5. The number of aromatic nitrogens is 1. The minimum absolute atomic E-state index is 0.0956.